The number of nitrogens with two attached hydrogens (primary N) is 1. The number of fused-ring (bicyclic) bond motifs is 1. The molecule has 3 rings (SSSR count). The van der Waals surface area contributed by atoms with Crippen LogP contribution in [0.1, 0.15) is 43.9 Å². The Labute approximate surface area is 134 Å². The molecule has 0 unspecified atom stereocenters. The number of aryl methyl sites for hydroxylation is 2. The van der Waals surface area contributed by atoms with Crippen molar-refractivity contribution in [1.82, 2.24) is 9.88 Å². The zero-order valence-electron chi connectivity index (χ0n) is 13.9. The van der Waals surface area contributed by atoms with Gasteiger partial charge in [0.2, 0.25) is 0 Å². The zero-order valence-corrected chi connectivity index (χ0v) is 13.9. The van der Waals surface area contributed by atoms with Crippen LogP contribution >= 0.6 is 0 Å². The average Bonchev–Trinajstić information content (AvgIpc) is 2.99. The molecule has 0 spiro atoms. The number of aromatic nitrogens is 1. The van der Waals surface area contributed by atoms with E-state index in [2.05, 4.69) is 29.3 Å². The van der Waals surface area contributed by atoms with Gasteiger partial charge in [0.15, 0.2) is 0 Å². The maximum absolute atomic E-state index is 5.85. The molecule has 0 aromatic carbocycles. The van der Waals surface area contributed by atoms with Gasteiger partial charge in [0, 0.05) is 24.8 Å². The highest BCUT2D eigenvalue weighted by molar-refractivity contribution is 5.46. The first-order valence-electron chi connectivity index (χ1n) is 8.91. The SMILES string of the molecule is C[C@@H](N)CCN1CC[C@@H](CCc2ccc3c(n2)NCCC3)C1. The maximum atomic E-state index is 5.85. The van der Waals surface area contributed by atoms with E-state index < -0.39 is 0 Å². The molecular formula is C18H30N4. The summed E-state index contributed by atoms with van der Waals surface area (Å²) >= 11 is 0. The Morgan fingerprint density at radius 2 is 2.36 bits per heavy atom. The van der Waals surface area contributed by atoms with E-state index in [1.165, 1.54) is 50.0 Å². The number of nitrogens with zero attached hydrogens (tertiary/aromatic N) is 2. The summed E-state index contributed by atoms with van der Waals surface area (Å²) in [7, 11) is 0. The summed E-state index contributed by atoms with van der Waals surface area (Å²) in [6.45, 7) is 6.83. The Bertz CT molecular complexity index is 486. The fourth-order valence-corrected chi connectivity index (χ4v) is 3.60. The average molecular weight is 302 g/mol. The molecule has 4 nitrogen and oxygen atoms in total. The predicted molar refractivity (Wildman–Crippen MR) is 92.2 cm³/mol. The van der Waals surface area contributed by atoms with Crippen molar-refractivity contribution in [3.05, 3.63) is 23.4 Å². The van der Waals surface area contributed by atoms with Gasteiger partial charge in [-0.25, -0.2) is 4.98 Å². The van der Waals surface area contributed by atoms with Crippen LogP contribution in [0.4, 0.5) is 5.82 Å². The van der Waals surface area contributed by atoms with E-state index >= 15 is 0 Å². The summed E-state index contributed by atoms with van der Waals surface area (Å²) in [5.41, 5.74) is 8.49. The minimum atomic E-state index is 0.325. The molecule has 2 aliphatic rings. The highest BCUT2D eigenvalue weighted by Gasteiger charge is 2.22. The second kappa shape index (κ2) is 7.42. The molecule has 3 heterocycles. The fourth-order valence-electron chi connectivity index (χ4n) is 3.60. The predicted octanol–water partition coefficient (Wildman–Crippen LogP) is 2.43. The number of pyridine rings is 1. The first kappa shape index (κ1) is 15.8. The molecule has 0 saturated carbocycles. The van der Waals surface area contributed by atoms with Gasteiger partial charge in [-0.15, -0.1) is 0 Å². The van der Waals surface area contributed by atoms with Crippen molar-refractivity contribution in [2.45, 2.75) is 51.5 Å². The summed E-state index contributed by atoms with van der Waals surface area (Å²) in [4.78, 5) is 7.39. The van der Waals surface area contributed by atoms with E-state index in [9.17, 15) is 0 Å². The van der Waals surface area contributed by atoms with E-state index in [1.54, 1.807) is 0 Å². The number of likely N-dealkylation sites (tertiary alicyclic amines) is 1. The summed E-state index contributed by atoms with van der Waals surface area (Å²) in [6.07, 6.45) is 7.23. The molecule has 0 amide bonds. The van der Waals surface area contributed by atoms with Gasteiger partial charge < -0.3 is 16.0 Å². The van der Waals surface area contributed by atoms with E-state index in [1.807, 2.05) is 0 Å². The van der Waals surface area contributed by atoms with Crippen LogP contribution in [0.15, 0.2) is 12.1 Å². The lowest BCUT2D eigenvalue weighted by molar-refractivity contribution is 0.308. The fraction of sp³-hybridized carbons (Fsp3) is 0.722. The third-order valence-electron chi connectivity index (χ3n) is 5.03. The lowest BCUT2D eigenvalue weighted by atomic mass is 10.00. The normalized spacial score (nSPS) is 23.1. The van der Waals surface area contributed by atoms with Gasteiger partial charge in [-0.05, 0) is 76.1 Å². The highest BCUT2D eigenvalue weighted by Crippen LogP contribution is 2.24. The molecule has 1 fully saturated rings. The largest absolute Gasteiger partial charge is 0.370 e. The molecule has 0 bridgehead atoms. The maximum Gasteiger partial charge on any atom is 0.129 e. The molecule has 2 atom stereocenters. The van der Waals surface area contributed by atoms with Gasteiger partial charge in [0.05, 0.1) is 0 Å². The number of hydrogen-bond acceptors (Lipinski definition) is 4. The summed E-state index contributed by atoms with van der Waals surface area (Å²) < 4.78 is 0. The second-order valence-corrected chi connectivity index (χ2v) is 7.10. The van der Waals surface area contributed by atoms with Crippen LogP contribution in [0.2, 0.25) is 0 Å². The van der Waals surface area contributed by atoms with Crippen molar-refractivity contribution < 1.29 is 0 Å². The quantitative estimate of drug-likeness (QED) is 0.847. The van der Waals surface area contributed by atoms with Crippen molar-refractivity contribution in [3.63, 3.8) is 0 Å². The number of hydrogen-bond donors (Lipinski definition) is 2. The van der Waals surface area contributed by atoms with Crippen LogP contribution in [0.25, 0.3) is 0 Å². The monoisotopic (exact) mass is 302 g/mol. The van der Waals surface area contributed by atoms with Crippen molar-refractivity contribution in [2.24, 2.45) is 11.7 Å². The van der Waals surface area contributed by atoms with Crippen molar-refractivity contribution in [3.8, 4) is 0 Å². The number of rotatable bonds is 6. The molecule has 122 valence electrons. The van der Waals surface area contributed by atoms with Gasteiger partial charge in [-0.2, -0.15) is 0 Å². The van der Waals surface area contributed by atoms with Crippen LogP contribution in [-0.2, 0) is 12.8 Å². The Morgan fingerprint density at radius 3 is 3.23 bits per heavy atom. The third-order valence-corrected chi connectivity index (χ3v) is 5.03. The van der Waals surface area contributed by atoms with Gasteiger partial charge >= 0.3 is 0 Å². The molecule has 0 radical (unpaired) electrons. The topological polar surface area (TPSA) is 54.2 Å². The summed E-state index contributed by atoms with van der Waals surface area (Å²) in [6, 6.07) is 4.83. The first-order valence-corrected chi connectivity index (χ1v) is 8.91. The highest BCUT2D eigenvalue weighted by atomic mass is 15.1. The first-order chi connectivity index (χ1) is 10.7. The number of anilines is 1. The smallest absolute Gasteiger partial charge is 0.129 e. The Hall–Kier alpha value is -1.13. The molecule has 22 heavy (non-hydrogen) atoms. The molecule has 0 aliphatic carbocycles. The van der Waals surface area contributed by atoms with Gasteiger partial charge in [0.25, 0.3) is 0 Å². The van der Waals surface area contributed by atoms with E-state index in [0.29, 0.717) is 6.04 Å². The summed E-state index contributed by atoms with van der Waals surface area (Å²) in [5.74, 6) is 1.97. The van der Waals surface area contributed by atoms with Crippen LogP contribution < -0.4 is 11.1 Å². The molecule has 3 N–H and O–H groups in total. The lowest BCUT2D eigenvalue weighted by Crippen LogP contribution is -2.27. The Balaban J connectivity index is 1.45. The molecule has 1 saturated heterocycles. The molecule has 1 aromatic heterocycles. The molecule has 1 aromatic rings. The van der Waals surface area contributed by atoms with Gasteiger partial charge in [-0.1, -0.05) is 6.07 Å². The van der Waals surface area contributed by atoms with E-state index in [4.69, 9.17) is 10.7 Å². The molecule has 4 heteroatoms. The third kappa shape index (κ3) is 4.20. The van der Waals surface area contributed by atoms with Crippen LogP contribution in [-0.4, -0.2) is 42.1 Å². The van der Waals surface area contributed by atoms with Gasteiger partial charge in [0.1, 0.15) is 5.82 Å². The van der Waals surface area contributed by atoms with E-state index in [-0.39, 0.29) is 0 Å². The second-order valence-electron chi connectivity index (χ2n) is 7.10. The van der Waals surface area contributed by atoms with Crippen molar-refractivity contribution >= 4 is 5.82 Å². The van der Waals surface area contributed by atoms with Gasteiger partial charge in [-0.3, -0.25) is 0 Å². The van der Waals surface area contributed by atoms with Crippen molar-refractivity contribution in [1.29, 1.82) is 0 Å². The summed E-state index contributed by atoms with van der Waals surface area (Å²) in [5, 5.41) is 3.43. The van der Waals surface area contributed by atoms with Crippen LogP contribution in [0, 0.1) is 5.92 Å². The molecular weight excluding hydrogens is 272 g/mol. The Kier molecular flexibility index (Phi) is 5.32. The lowest BCUT2D eigenvalue weighted by Gasteiger charge is -2.18. The van der Waals surface area contributed by atoms with Crippen LogP contribution in [0.5, 0.6) is 0 Å². The zero-order chi connectivity index (χ0) is 15.4. The minimum absolute atomic E-state index is 0.325. The standard InChI is InChI=1S/C18H30N4/c1-14(19)8-11-22-12-9-15(13-22)4-6-17-7-5-16-3-2-10-20-18(16)21-17/h5,7,14-15H,2-4,6,8-13,19H2,1H3,(H,20,21)/t14-,15-/m1/s1. The number of nitrogens with one attached hydrogen (secondary N) is 1. The Morgan fingerprint density at radius 1 is 1.45 bits per heavy atom. The van der Waals surface area contributed by atoms with E-state index in [0.717, 1.165) is 37.7 Å². The van der Waals surface area contributed by atoms with Crippen molar-refractivity contribution in [2.75, 3.05) is 31.5 Å². The van der Waals surface area contributed by atoms with Crippen LogP contribution in [0.3, 0.4) is 0 Å². The minimum Gasteiger partial charge on any atom is -0.370 e. The molecule has 2 aliphatic heterocycles.